The van der Waals surface area contributed by atoms with Crippen LogP contribution in [0.4, 0.5) is 18.9 Å². The van der Waals surface area contributed by atoms with Gasteiger partial charge in [-0.25, -0.2) is 9.97 Å². The zero-order valence-corrected chi connectivity index (χ0v) is 16.2. The Kier molecular flexibility index (Phi) is 5.45. The van der Waals surface area contributed by atoms with Crippen molar-refractivity contribution in [2.75, 3.05) is 11.1 Å². The molecule has 0 spiro atoms. The molecule has 0 aliphatic carbocycles. The number of imidazole rings is 1. The number of hydrogen-bond acceptors (Lipinski definition) is 4. The number of alkyl halides is 3. The highest BCUT2D eigenvalue weighted by Gasteiger charge is 2.30. The predicted octanol–water partition coefficient (Wildman–Crippen LogP) is 5.17. The molecular formula is C21H15F3N4OS. The van der Waals surface area contributed by atoms with Gasteiger partial charge in [0, 0.05) is 17.6 Å². The molecule has 0 bridgehead atoms. The van der Waals surface area contributed by atoms with Crippen molar-refractivity contribution in [2.24, 2.45) is 0 Å². The van der Waals surface area contributed by atoms with E-state index in [2.05, 4.69) is 15.3 Å². The van der Waals surface area contributed by atoms with E-state index in [9.17, 15) is 18.0 Å². The lowest BCUT2D eigenvalue weighted by atomic mass is 10.2. The van der Waals surface area contributed by atoms with E-state index in [1.165, 1.54) is 6.07 Å². The minimum Gasteiger partial charge on any atom is -0.325 e. The molecule has 0 saturated heterocycles. The van der Waals surface area contributed by atoms with E-state index in [-0.39, 0.29) is 11.7 Å². The summed E-state index contributed by atoms with van der Waals surface area (Å²) in [5.74, 6) is -0.241. The van der Waals surface area contributed by atoms with E-state index in [4.69, 9.17) is 0 Å². The van der Waals surface area contributed by atoms with Crippen LogP contribution in [0, 0.1) is 0 Å². The third-order valence-electron chi connectivity index (χ3n) is 4.30. The number of anilines is 1. The summed E-state index contributed by atoms with van der Waals surface area (Å²) in [5.41, 5.74) is 2.58. The zero-order chi connectivity index (χ0) is 21.1. The van der Waals surface area contributed by atoms with Crippen molar-refractivity contribution in [3.8, 4) is 5.69 Å². The number of amides is 1. The number of benzene rings is 2. The number of fused-ring (bicyclic) bond motifs is 1. The number of para-hydroxylation sites is 2. The average molecular weight is 428 g/mol. The number of thioether (sulfide) groups is 1. The van der Waals surface area contributed by atoms with Crippen LogP contribution in [-0.4, -0.2) is 26.2 Å². The Labute approximate surface area is 174 Å². The van der Waals surface area contributed by atoms with Gasteiger partial charge < -0.3 is 5.32 Å². The van der Waals surface area contributed by atoms with Crippen LogP contribution < -0.4 is 5.32 Å². The molecule has 2 aromatic heterocycles. The van der Waals surface area contributed by atoms with Crippen molar-refractivity contribution >= 4 is 34.4 Å². The molecule has 0 aliphatic heterocycles. The number of nitrogens with zero attached hydrogens (tertiary/aromatic N) is 3. The number of halogens is 3. The number of rotatable bonds is 5. The van der Waals surface area contributed by atoms with E-state index in [0.29, 0.717) is 10.7 Å². The molecule has 0 radical (unpaired) electrons. The molecule has 1 N–H and O–H groups in total. The normalized spacial score (nSPS) is 11.6. The summed E-state index contributed by atoms with van der Waals surface area (Å²) >= 11 is 1.07. The third-order valence-corrected chi connectivity index (χ3v) is 5.24. The van der Waals surface area contributed by atoms with Crippen LogP contribution in [0.1, 0.15) is 5.56 Å². The lowest BCUT2D eigenvalue weighted by Gasteiger charge is -2.08. The Balaban J connectivity index is 1.36. The second-order valence-corrected chi connectivity index (χ2v) is 7.37. The van der Waals surface area contributed by atoms with Gasteiger partial charge >= 0.3 is 6.18 Å². The Bertz CT molecular complexity index is 1170. The van der Waals surface area contributed by atoms with Crippen molar-refractivity contribution in [2.45, 2.75) is 11.2 Å². The Morgan fingerprint density at radius 3 is 2.47 bits per heavy atom. The van der Waals surface area contributed by atoms with Crippen LogP contribution in [-0.2, 0) is 11.0 Å². The minimum atomic E-state index is -4.43. The molecule has 1 amide bonds. The summed E-state index contributed by atoms with van der Waals surface area (Å²) in [6, 6.07) is 17.3. The molecule has 4 aromatic rings. The quantitative estimate of drug-likeness (QED) is 0.446. The fourth-order valence-electron chi connectivity index (χ4n) is 2.84. The van der Waals surface area contributed by atoms with E-state index in [1.54, 1.807) is 18.5 Å². The van der Waals surface area contributed by atoms with Crippen LogP contribution in [0.25, 0.3) is 16.7 Å². The third kappa shape index (κ3) is 4.46. The molecule has 9 heteroatoms. The van der Waals surface area contributed by atoms with E-state index in [0.717, 1.165) is 40.7 Å². The van der Waals surface area contributed by atoms with Crippen LogP contribution in [0.3, 0.4) is 0 Å². The molecule has 0 unspecified atom stereocenters. The monoisotopic (exact) mass is 428 g/mol. The standard InChI is InChI=1S/C21H15F3N4OS/c22-21(23,24)14-5-10-20(25-11-14)30-12-19(29)27-15-6-8-16(9-7-15)28-13-26-17-3-1-2-4-18(17)28/h1-11,13H,12H2,(H,27,29). The molecule has 0 saturated carbocycles. The Hall–Kier alpha value is -3.33. The van der Waals surface area contributed by atoms with Crippen molar-refractivity contribution < 1.29 is 18.0 Å². The number of aromatic nitrogens is 3. The molecule has 0 atom stereocenters. The lowest BCUT2D eigenvalue weighted by molar-refractivity contribution is -0.137. The second kappa shape index (κ2) is 8.19. The highest BCUT2D eigenvalue weighted by atomic mass is 32.2. The van der Waals surface area contributed by atoms with E-state index < -0.39 is 11.7 Å². The van der Waals surface area contributed by atoms with Crippen LogP contribution in [0.15, 0.2) is 78.2 Å². The van der Waals surface area contributed by atoms with Gasteiger partial charge in [0.15, 0.2) is 0 Å². The minimum absolute atomic E-state index is 0.0340. The van der Waals surface area contributed by atoms with Crippen molar-refractivity contribution in [1.29, 1.82) is 0 Å². The summed E-state index contributed by atoms with van der Waals surface area (Å²) in [7, 11) is 0. The predicted molar refractivity (Wildman–Crippen MR) is 110 cm³/mol. The largest absolute Gasteiger partial charge is 0.417 e. The first-order chi connectivity index (χ1) is 14.4. The molecule has 5 nitrogen and oxygen atoms in total. The summed E-state index contributed by atoms with van der Waals surface area (Å²) in [6.07, 6.45) is -1.92. The topological polar surface area (TPSA) is 59.8 Å². The van der Waals surface area contributed by atoms with Crippen LogP contribution in [0.2, 0.25) is 0 Å². The van der Waals surface area contributed by atoms with Gasteiger partial charge in [-0.3, -0.25) is 9.36 Å². The van der Waals surface area contributed by atoms with Gasteiger partial charge in [0.1, 0.15) is 6.33 Å². The maximum atomic E-state index is 12.6. The van der Waals surface area contributed by atoms with Crippen molar-refractivity contribution in [3.63, 3.8) is 0 Å². The fraction of sp³-hybridized carbons (Fsp3) is 0.0952. The first-order valence-corrected chi connectivity index (χ1v) is 9.87. The van der Waals surface area contributed by atoms with Gasteiger partial charge in [0.05, 0.1) is 27.4 Å². The maximum absolute atomic E-state index is 12.6. The summed E-state index contributed by atoms with van der Waals surface area (Å²) in [6.45, 7) is 0. The Morgan fingerprint density at radius 1 is 1.00 bits per heavy atom. The molecule has 2 aromatic carbocycles. The number of carbonyl (C=O) groups is 1. The maximum Gasteiger partial charge on any atom is 0.417 e. The summed E-state index contributed by atoms with van der Waals surface area (Å²) < 4.78 is 39.6. The molecular weight excluding hydrogens is 413 g/mol. The van der Waals surface area contributed by atoms with Gasteiger partial charge in [-0.05, 0) is 48.5 Å². The summed E-state index contributed by atoms with van der Waals surface area (Å²) in [4.78, 5) is 20.2. The van der Waals surface area contributed by atoms with Gasteiger partial charge in [-0.2, -0.15) is 13.2 Å². The van der Waals surface area contributed by atoms with Crippen LogP contribution in [0.5, 0.6) is 0 Å². The van der Waals surface area contributed by atoms with Crippen molar-refractivity contribution in [1.82, 2.24) is 14.5 Å². The lowest BCUT2D eigenvalue weighted by Crippen LogP contribution is -2.14. The molecule has 2 heterocycles. The van der Waals surface area contributed by atoms with E-state index in [1.807, 2.05) is 41.0 Å². The van der Waals surface area contributed by atoms with Gasteiger partial charge in [-0.1, -0.05) is 23.9 Å². The highest BCUT2D eigenvalue weighted by Crippen LogP contribution is 2.29. The van der Waals surface area contributed by atoms with Crippen LogP contribution >= 0.6 is 11.8 Å². The average Bonchev–Trinajstić information content (AvgIpc) is 3.17. The summed E-state index contributed by atoms with van der Waals surface area (Å²) in [5, 5.41) is 3.11. The molecule has 0 fully saturated rings. The van der Waals surface area contributed by atoms with Gasteiger partial charge in [0.25, 0.3) is 0 Å². The molecule has 152 valence electrons. The SMILES string of the molecule is O=C(CSc1ccc(C(F)(F)F)cn1)Nc1ccc(-n2cnc3ccccc32)cc1. The van der Waals surface area contributed by atoms with Gasteiger partial charge in [0.2, 0.25) is 5.91 Å². The van der Waals surface area contributed by atoms with Crippen molar-refractivity contribution in [3.05, 3.63) is 78.8 Å². The smallest absolute Gasteiger partial charge is 0.325 e. The number of carbonyl (C=O) groups excluding carboxylic acids is 1. The van der Waals surface area contributed by atoms with Gasteiger partial charge in [-0.15, -0.1) is 0 Å². The molecule has 0 aliphatic rings. The highest BCUT2D eigenvalue weighted by molar-refractivity contribution is 7.99. The first kappa shape index (κ1) is 20.0. The Morgan fingerprint density at radius 2 is 1.77 bits per heavy atom. The fourth-order valence-corrected chi connectivity index (χ4v) is 3.48. The zero-order valence-electron chi connectivity index (χ0n) is 15.4. The number of pyridine rings is 1. The second-order valence-electron chi connectivity index (χ2n) is 6.37. The first-order valence-electron chi connectivity index (χ1n) is 8.88. The molecule has 4 rings (SSSR count). The van der Waals surface area contributed by atoms with E-state index >= 15 is 0 Å². The molecule has 30 heavy (non-hydrogen) atoms. The number of hydrogen-bond donors (Lipinski definition) is 1. The number of nitrogens with one attached hydrogen (secondary N) is 1.